The van der Waals surface area contributed by atoms with Gasteiger partial charge in [-0.15, -0.1) is 0 Å². The molecule has 0 radical (unpaired) electrons. The van der Waals surface area contributed by atoms with Crippen molar-refractivity contribution < 1.29 is 19.4 Å². The number of hydrogen-bond donors (Lipinski definition) is 2. The third-order valence-electron chi connectivity index (χ3n) is 5.43. The minimum Gasteiger partial charge on any atom is -0.508 e. The van der Waals surface area contributed by atoms with Crippen molar-refractivity contribution >= 4 is 11.8 Å². The molecule has 0 spiro atoms. The Kier molecular flexibility index (Phi) is 5.21. The Morgan fingerprint density at radius 3 is 2.55 bits per heavy atom. The van der Waals surface area contributed by atoms with Gasteiger partial charge in [0.2, 0.25) is 0 Å². The van der Waals surface area contributed by atoms with E-state index >= 15 is 0 Å². The van der Waals surface area contributed by atoms with Crippen LogP contribution in [0, 0.1) is 0 Å². The van der Waals surface area contributed by atoms with Crippen molar-refractivity contribution in [2.24, 2.45) is 0 Å². The van der Waals surface area contributed by atoms with E-state index in [0.717, 1.165) is 29.7 Å². The van der Waals surface area contributed by atoms with E-state index in [1.165, 1.54) is 0 Å². The molecule has 1 unspecified atom stereocenters. The predicted octanol–water partition coefficient (Wildman–Crippen LogP) is 4.10. The molecule has 2 aromatic rings. The van der Waals surface area contributed by atoms with Crippen LogP contribution in [0.25, 0.3) is 0 Å². The van der Waals surface area contributed by atoms with Crippen LogP contribution in [-0.2, 0) is 20.9 Å². The molecule has 2 aromatic carbocycles. The number of phenolic OH excluding ortho intramolecular Hbond substituents is 1. The van der Waals surface area contributed by atoms with Gasteiger partial charge in [-0.2, -0.15) is 0 Å². The number of rotatable bonds is 4. The number of benzene rings is 2. The Hall–Kier alpha value is -3.34. The Balaban J connectivity index is 1.70. The Morgan fingerprint density at radius 2 is 1.83 bits per heavy atom. The molecule has 4 rings (SSSR count). The number of esters is 1. The zero-order valence-corrected chi connectivity index (χ0v) is 16.3. The van der Waals surface area contributed by atoms with Gasteiger partial charge in [-0.05, 0) is 43.0 Å². The van der Waals surface area contributed by atoms with Gasteiger partial charge in [0.25, 0.3) is 0 Å². The fourth-order valence-corrected chi connectivity index (χ4v) is 4.05. The minimum absolute atomic E-state index is 0.0534. The first kappa shape index (κ1) is 19.0. The van der Waals surface area contributed by atoms with Crippen molar-refractivity contribution in [3.8, 4) is 5.75 Å². The molecule has 2 N–H and O–H groups in total. The van der Waals surface area contributed by atoms with Crippen LogP contribution in [0.3, 0.4) is 0 Å². The molecule has 0 aromatic heterocycles. The molecule has 1 aliphatic carbocycles. The fourth-order valence-electron chi connectivity index (χ4n) is 4.05. The van der Waals surface area contributed by atoms with Gasteiger partial charge in [-0.25, -0.2) is 4.79 Å². The highest BCUT2D eigenvalue weighted by molar-refractivity contribution is 6.03. The Bertz CT molecular complexity index is 1000. The average molecular weight is 389 g/mol. The lowest BCUT2D eigenvalue weighted by Crippen LogP contribution is -2.34. The van der Waals surface area contributed by atoms with Crippen molar-refractivity contribution in [2.45, 2.75) is 38.7 Å². The topological polar surface area (TPSA) is 75.6 Å². The van der Waals surface area contributed by atoms with E-state index in [2.05, 4.69) is 5.32 Å². The summed E-state index contributed by atoms with van der Waals surface area (Å²) in [4.78, 5) is 25.9. The van der Waals surface area contributed by atoms with E-state index in [-0.39, 0.29) is 18.1 Å². The molecular weight excluding hydrogens is 366 g/mol. The highest BCUT2D eigenvalue weighted by Gasteiger charge is 2.39. The number of ether oxygens (including phenoxy) is 1. The number of allylic oxidation sites excluding steroid dienone is 3. The molecule has 0 saturated heterocycles. The zero-order chi connectivity index (χ0) is 20.4. The molecule has 148 valence electrons. The molecule has 1 aliphatic heterocycles. The Morgan fingerprint density at radius 1 is 1.10 bits per heavy atom. The third-order valence-corrected chi connectivity index (χ3v) is 5.43. The van der Waals surface area contributed by atoms with Gasteiger partial charge >= 0.3 is 5.97 Å². The van der Waals surface area contributed by atoms with Crippen LogP contribution < -0.4 is 5.32 Å². The number of hydrogen-bond acceptors (Lipinski definition) is 5. The maximum atomic E-state index is 13.1. The second-order valence-corrected chi connectivity index (χ2v) is 7.42. The quantitative estimate of drug-likeness (QED) is 0.770. The number of carbonyl (C=O) groups is 2. The van der Waals surface area contributed by atoms with Crippen molar-refractivity contribution in [1.29, 1.82) is 0 Å². The molecule has 0 fully saturated rings. The van der Waals surface area contributed by atoms with Crippen molar-refractivity contribution in [3.63, 3.8) is 0 Å². The monoisotopic (exact) mass is 389 g/mol. The number of Topliss-reactive ketones (excluding diaryl/α,β-unsaturated/α-hetero) is 1. The van der Waals surface area contributed by atoms with Crippen molar-refractivity contribution in [2.75, 3.05) is 0 Å². The fraction of sp³-hybridized carbons (Fsp3) is 0.250. The molecule has 5 heteroatoms. The molecule has 5 nitrogen and oxygen atoms in total. The van der Waals surface area contributed by atoms with Gasteiger partial charge in [0.15, 0.2) is 5.78 Å². The van der Waals surface area contributed by atoms with Gasteiger partial charge in [0, 0.05) is 29.3 Å². The molecule has 29 heavy (non-hydrogen) atoms. The van der Waals surface area contributed by atoms with Crippen LogP contribution in [0.4, 0.5) is 0 Å². The second kappa shape index (κ2) is 7.95. The molecule has 0 amide bonds. The number of phenols is 1. The summed E-state index contributed by atoms with van der Waals surface area (Å²) >= 11 is 0. The van der Waals surface area contributed by atoms with Crippen LogP contribution >= 0.6 is 0 Å². The number of aromatic hydroxyl groups is 1. The average Bonchev–Trinajstić information content (AvgIpc) is 2.72. The molecule has 2 aliphatic rings. The van der Waals surface area contributed by atoms with Gasteiger partial charge in [-0.1, -0.05) is 42.5 Å². The summed E-state index contributed by atoms with van der Waals surface area (Å²) in [5.41, 5.74) is 4.36. The lowest BCUT2D eigenvalue weighted by atomic mass is 9.75. The summed E-state index contributed by atoms with van der Waals surface area (Å²) in [6.45, 7) is 2.01. The van der Waals surface area contributed by atoms with E-state index in [1.807, 2.05) is 37.3 Å². The first-order valence-corrected chi connectivity index (χ1v) is 9.78. The predicted molar refractivity (Wildman–Crippen MR) is 109 cm³/mol. The minimum atomic E-state index is -0.497. The molecule has 1 heterocycles. The third kappa shape index (κ3) is 3.81. The lowest BCUT2D eigenvalue weighted by Gasteiger charge is -2.34. The second-order valence-electron chi connectivity index (χ2n) is 7.42. The largest absolute Gasteiger partial charge is 0.508 e. The van der Waals surface area contributed by atoms with E-state index in [4.69, 9.17) is 4.74 Å². The van der Waals surface area contributed by atoms with Crippen LogP contribution in [0.2, 0.25) is 0 Å². The van der Waals surface area contributed by atoms with Crippen molar-refractivity contribution in [3.05, 3.63) is 88.3 Å². The molecular formula is C24H23NO4. The maximum absolute atomic E-state index is 13.1. The summed E-state index contributed by atoms with van der Waals surface area (Å²) in [7, 11) is 0. The number of nitrogens with one attached hydrogen (secondary N) is 1. The van der Waals surface area contributed by atoms with E-state index < -0.39 is 11.9 Å². The zero-order valence-electron chi connectivity index (χ0n) is 16.3. The van der Waals surface area contributed by atoms with Crippen LogP contribution in [0.15, 0.2) is 77.1 Å². The highest BCUT2D eigenvalue weighted by Crippen LogP contribution is 2.42. The van der Waals surface area contributed by atoms with Crippen LogP contribution in [0.1, 0.15) is 43.2 Å². The number of carbonyl (C=O) groups excluding carboxylic acids is 2. The SMILES string of the molecule is CC1=C(C(=O)OCc2ccccc2)C(c2ccc(O)cc2)C2=C(CCCC2=O)N1. The maximum Gasteiger partial charge on any atom is 0.337 e. The lowest BCUT2D eigenvalue weighted by molar-refractivity contribution is -0.140. The Labute approximate surface area is 169 Å². The first-order valence-electron chi connectivity index (χ1n) is 9.78. The number of dihydropyridines is 1. The van der Waals surface area contributed by atoms with Gasteiger partial charge in [-0.3, -0.25) is 4.79 Å². The normalized spacial score (nSPS) is 18.9. The standard InChI is InChI=1S/C24H23NO4/c1-15-21(24(28)29-14-16-6-3-2-4-7-16)22(17-10-12-18(26)13-11-17)23-19(25-15)8-5-9-20(23)27/h2-4,6-7,10-13,22,25-26H,5,8-9,14H2,1H3. The molecule has 1 atom stereocenters. The molecule has 0 bridgehead atoms. The summed E-state index contributed by atoms with van der Waals surface area (Å²) in [6, 6.07) is 16.2. The first-order chi connectivity index (χ1) is 14.0. The highest BCUT2D eigenvalue weighted by atomic mass is 16.5. The van der Waals surface area contributed by atoms with Crippen LogP contribution in [-0.4, -0.2) is 16.9 Å². The van der Waals surface area contributed by atoms with E-state index in [9.17, 15) is 14.7 Å². The smallest absolute Gasteiger partial charge is 0.337 e. The van der Waals surface area contributed by atoms with Crippen molar-refractivity contribution in [1.82, 2.24) is 5.32 Å². The summed E-state index contributed by atoms with van der Waals surface area (Å²) in [5, 5.41) is 13.0. The van der Waals surface area contributed by atoms with E-state index in [1.54, 1.807) is 24.3 Å². The van der Waals surface area contributed by atoms with Gasteiger partial charge < -0.3 is 15.2 Å². The van der Waals surface area contributed by atoms with E-state index in [0.29, 0.717) is 23.3 Å². The molecule has 0 saturated carbocycles. The summed E-state index contributed by atoms with van der Waals surface area (Å²) < 4.78 is 5.61. The van der Waals surface area contributed by atoms with Gasteiger partial charge in [0.05, 0.1) is 5.57 Å². The summed E-state index contributed by atoms with van der Waals surface area (Å²) in [6.07, 6.45) is 2.05. The number of ketones is 1. The van der Waals surface area contributed by atoms with Gasteiger partial charge in [0.1, 0.15) is 12.4 Å². The van der Waals surface area contributed by atoms with Crippen LogP contribution in [0.5, 0.6) is 5.75 Å². The summed E-state index contributed by atoms with van der Waals surface area (Å²) in [5.74, 6) is -0.747.